The van der Waals surface area contributed by atoms with Gasteiger partial charge in [0.25, 0.3) is 0 Å². The van der Waals surface area contributed by atoms with E-state index in [0.717, 1.165) is 24.4 Å². The molecule has 1 atom stereocenters. The number of hydrogen-bond donors (Lipinski definition) is 1. The lowest BCUT2D eigenvalue weighted by molar-refractivity contribution is -0.115. The molecule has 1 aliphatic carbocycles. The number of aromatic nitrogens is 4. The van der Waals surface area contributed by atoms with Crippen LogP contribution in [0.25, 0.3) is 5.69 Å². The number of pyridine rings is 1. The summed E-state index contributed by atoms with van der Waals surface area (Å²) in [5.41, 5.74) is 1.51. The lowest BCUT2D eigenvalue weighted by Gasteiger charge is -2.14. The van der Waals surface area contributed by atoms with Gasteiger partial charge in [-0.2, -0.15) is 0 Å². The van der Waals surface area contributed by atoms with E-state index in [9.17, 15) is 4.79 Å². The molecule has 8 heteroatoms. The minimum Gasteiger partial charge on any atom is -0.322 e. The van der Waals surface area contributed by atoms with Gasteiger partial charge in [-0.15, -0.1) is 10.2 Å². The topological polar surface area (TPSA) is 72.7 Å². The number of carbonyl (C=O) groups excluding carboxylic acids is 1. The number of hydrogen-bond acceptors (Lipinski definition) is 5. The van der Waals surface area contributed by atoms with Crippen LogP contribution in [0, 0.1) is 0 Å². The maximum absolute atomic E-state index is 12.6. The van der Waals surface area contributed by atoms with Gasteiger partial charge in [-0.1, -0.05) is 41.6 Å². The highest BCUT2D eigenvalue weighted by molar-refractivity contribution is 8.00. The van der Waals surface area contributed by atoms with Crippen molar-refractivity contribution in [2.75, 3.05) is 5.32 Å². The van der Waals surface area contributed by atoms with Crippen molar-refractivity contribution >= 4 is 35.0 Å². The van der Waals surface area contributed by atoms with E-state index in [2.05, 4.69) is 25.1 Å². The Kier molecular flexibility index (Phi) is 5.13. The average Bonchev–Trinajstić information content (AvgIpc) is 3.45. The molecule has 1 amide bonds. The Morgan fingerprint density at radius 3 is 2.70 bits per heavy atom. The molecule has 1 saturated carbocycles. The van der Waals surface area contributed by atoms with Gasteiger partial charge < -0.3 is 5.32 Å². The van der Waals surface area contributed by atoms with Crippen molar-refractivity contribution in [2.24, 2.45) is 0 Å². The molecule has 6 nitrogen and oxygen atoms in total. The average molecular weight is 400 g/mol. The standard InChI is InChI=1S/C19H18ClN5OS/c1-12(18(26)22-15-8-5-11-21-16(15)20)27-19-24-23-17(13-9-10-13)25(19)14-6-3-2-4-7-14/h2-8,11-13H,9-10H2,1H3,(H,22,26)/t12-/m0/s1. The van der Waals surface area contributed by atoms with Crippen molar-refractivity contribution in [1.29, 1.82) is 0 Å². The molecule has 0 spiro atoms. The highest BCUT2D eigenvalue weighted by Gasteiger charge is 2.31. The Morgan fingerprint density at radius 1 is 1.22 bits per heavy atom. The third kappa shape index (κ3) is 3.99. The number of benzene rings is 1. The highest BCUT2D eigenvalue weighted by atomic mass is 35.5. The predicted molar refractivity (Wildman–Crippen MR) is 107 cm³/mol. The summed E-state index contributed by atoms with van der Waals surface area (Å²) in [6.45, 7) is 1.84. The van der Waals surface area contributed by atoms with Crippen molar-refractivity contribution < 1.29 is 4.79 Å². The van der Waals surface area contributed by atoms with Crippen molar-refractivity contribution in [1.82, 2.24) is 19.7 Å². The van der Waals surface area contributed by atoms with E-state index >= 15 is 0 Å². The second-order valence-corrected chi connectivity index (χ2v) is 8.04. The smallest absolute Gasteiger partial charge is 0.237 e. The number of anilines is 1. The molecule has 2 aromatic heterocycles. The molecular formula is C19H18ClN5OS. The quantitative estimate of drug-likeness (QED) is 0.493. The van der Waals surface area contributed by atoms with Crippen LogP contribution in [0.4, 0.5) is 5.69 Å². The molecule has 0 bridgehead atoms. The largest absolute Gasteiger partial charge is 0.322 e. The summed E-state index contributed by atoms with van der Waals surface area (Å²) in [6, 6.07) is 13.5. The molecule has 0 unspecified atom stereocenters. The summed E-state index contributed by atoms with van der Waals surface area (Å²) >= 11 is 7.40. The normalized spacial score (nSPS) is 14.7. The van der Waals surface area contributed by atoms with Crippen molar-refractivity contribution in [2.45, 2.75) is 36.1 Å². The first-order valence-electron chi connectivity index (χ1n) is 8.72. The second-order valence-electron chi connectivity index (χ2n) is 6.38. The van der Waals surface area contributed by atoms with E-state index in [1.807, 2.05) is 37.3 Å². The Morgan fingerprint density at radius 2 is 2.00 bits per heavy atom. The molecule has 0 saturated heterocycles. The fourth-order valence-corrected chi connectivity index (χ4v) is 3.75. The molecule has 0 aliphatic heterocycles. The van der Waals surface area contributed by atoms with Gasteiger partial charge in [0.05, 0.1) is 10.9 Å². The van der Waals surface area contributed by atoms with Crippen LogP contribution in [0.5, 0.6) is 0 Å². The molecule has 138 valence electrons. The lowest BCUT2D eigenvalue weighted by atomic mass is 10.3. The fraction of sp³-hybridized carbons (Fsp3) is 0.263. The van der Waals surface area contributed by atoms with Crippen molar-refractivity contribution in [3.05, 3.63) is 59.6 Å². The molecule has 1 aromatic carbocycles. The van der Waals surface area contributed by atoms with E-state index in [4.69, 9.17) is 11.6 Å². The zero-order valence-electron chi connectivity index (χ0n) is 14.7. The van der Waals surface area contributed by atoms with Crippen LogP contribution < -0.4 is 5.32 Å². The monoisotopic (exact) mass is 399 g/mol. The molecule has 27 heavy (non-hydrogen) atoms. The molecule has 1 N–H and O–H groups in total. The van der Waals surface area contributed by atoms with Crippen LogP contribution in [0.1, 0.15) is 31.5 Å². The molecule has 1 aliphatic rings. The maximum atomic E-state index is 12.6. The summed E-state index contributed by atoms with van der Waals surface area (Å²) in [7, 11) is 0. The summed E-state index contributed by atoms with van der Waals surface area (Å²) in [6.07, 6.45) is 3.84. The van der Waals surface area contributed by atoms with Gasteiger partial charge in [0.15, 0.2) is 10.3 Å². The Hall–Kier alpha value is -2.38. The third-order valence-corrected chi connectivity index (χ3v) is 5.63. The van der Waals surface area contributed by atoms with Gasteiger partial charge in [0.1, 0.15) is 5.82 Å². The van der Waals surface area contributed by atoms with Crippen LogP contribution >= 0.6 is 23.4 Å². The molecule has 2 heterocycles. The van der Waals surface area contributed by atoms with E-state index < -0.39 is 0 Å². The summed E-state index contributed by atoms with van der Waals surface area (Å²) in [5.74, 6) is 1.25. The highest BCUT2D eigenvalue weighted by Crippen LogP contribution is 2.41. The van der Waals surface area contributed by atoms with Gasteiger partial charge in [-0.3, -0.25) is 9.36 Å². The Labute approximate surface area is 166 Å². The third-order valence-electron chi connectivity index (χ3n) is 4.28. The predicted octanol–water partition coefficient (Wildman–Crippen LogP) is 4.31. The maximum Gasteiger partial charge on any atom is 0.237 e. The number of nitrogens with zero attached hydrogens (tertiary/aromatic N) is 4. The molecule has 3 aromatic rings. The van der Waals surface area contributed by atoms with Gasteiger partial charge in [0, 0.05) is 17.8 Å². The molecular weight excluding hydrogens is 382 g/mol. The van der Waals surface area contributed by atoms with Gasteiger partial charge in [-0.25, -0.2) is 4.98 Å². The lowest BCUT2D eigenvalue weighted by Crippen LogP contribution is -2.23. The fourth-order valence-electron chi connectivity index (χ4n) is 2.71. The number of thioether (sulfide) groups is 1. The zero-order valence-corrected chi connectivity index (χ0v) is 16.2. The second kappa shape index (κ2) is 7.70. The summed E-state index contributed by atoms with van der Waals surface area (Å²) < 4.78 is 2.06. The molecule has 0 radical (unpaired) electrons. The van der Waals surface area contributed by atoms with E-state index in [-0.39, 0.29) is 16.3 Å². The van der Waals surface area contributed by atoms with Crippen molar-refractivity contribution in [3.63, 3.8) is 0 Å². The van der Waals surface area contributed by atoms with Gasteiger partial charge >= 0.3 is 0 Å². The first-order valence-corrected chi connectivity index (χ1v) is 9.98. The van der Waals surface area contributed by atoms with E-state index in [1.54, 1.807) is 18.3 Å². The van der Waals surface area contributed by atoms with Gasteiger partial charge in [-0.05, 0) is 44.0 Å². The first-order chi connectivity index (χ1) is 13.1. The van der Waals surface area contributed by atoms with Gasteiger partial charge in [0.2, 0.25) is 5.91 Å². The van der Waals surface area contributed by atoms with Crippen molar-refractivity contribution in [3.8, 4) is 5.69 Å². The van der Waals surface area contributed by atoms with Crippen LogP contribution in [-0.4, -0.2) is 30.9 Å². The Bertz CT molecular complexity index is 958. The number of rotatable bonds is 6. The van der Waals surface area contributed by atoms with E-state index in [0.29, 0.717) is 16.8 Å². The van der Waals surface area contributed by atoms with Crippen LogP contribution in [-0.2, 0) is 4.79 Å². The summed E-state index contributed by atoms with van der Waals surface area (Å²) in [4.78, 5) is 16.6. The zero-order chi connectivity index (χ0) is 18.8. The number of para-hydroxylation sites is 1. The minimum atomic E-state index is -0.375. The molecule has 4 rings (SSSR count). The first kappa shape index (κ1) is 18.0. The SMILES string of the molecule is C[C@H](Sc1nnc(C2CC2)n1-c1ccccc1)C(=O)Nc1cccnc1Cl. The number of nitrogens with one attached hydrogen (secondary N) is 1. The van der Waals surface area contributed by atoms with Crippen LogP contribution in [0.2, 0.25) is 5.15 Å². The number of carbonyl (C=O) groups is 1. The Balaban J connectivity index is 1.55. The van der Waals surface area contributed by atoms with Crippen LogP contribution in [0.15, 0.2) is 53.8 Å². The number of halogens is 1. The van der Waals surface area contributed by atoms with E-state index in [1.165, 1.54) is 11.8 Å². The molecule has 1 fully saturated rings. The summed E-state index contributed by atoms with van der Waals surface area (Å²) in [5, 5.41) is 12.2. The number of amides is 1. The minimum absolute atomic E-state index is 0.162. The van der Waals surface area contributed by atoms with Crippen LogP contribution in [0.3, 0.4) is 0 Å².